The van der Waals surface area contributed by atoms with Crippen molar-refractivity contribution in [3.63, 3.8) is 0 Å². The monoisotopic (exact) mass is 471 g/mol. The van der Waals surface area contributed by atoms with Crippen LogP contribution in [-0.4, -0.2) is 30.5 Å². The average Bonchev–Trinajstić information content (AvgIpc) is 3.14. The van der Waals surface area contributed by atoms with Gasteiger partial charge in [-0.05, 0) is 66.4 Å². The van der Waals surface area contributed by atoms with Crippen LogP contribution in [0.4, 0.5) is 5.69 Å². The molecule has 1 aliphatic rings. The first kappa shape index (κ1) is 24.1. The number of hydrogen-bond acceptors (Lipinski definition) is 5. The van der Waals surface area contributed by atoms with Gasteiger partial charge in [-0.2, -0.15) is 0 Å². The lowest BCUT2D eigenvalue weighted by atomic mass is 9.93. The lowest BCUT2D eigenvalue weighted by Crippen LogP contribution is -2.29. The second kappa shape index (κ2) is 10.1. The lowest BCUT2D eigenvalue weighted by Gasteiger charge is -2.25. The number of carbonyl (C=O) groups is 2. The number of benzene rings is 3. The van der Waals surface area contributed by atoms with Crippen molar-refractivity contribution < 1.29 is 24.2 Å². The summed E-state index contributed by atoms with van der Waals surface area (Å²) >= 11 is 0. The van der Waals surface area contributed by atoms with Crippen molar-refractivity contribution in [3.8, 4) is 11.5 Å². The molecule has 6 nitrogen and oxygen atoms in total. The normalized spacial score (nSPS) is 17.2. The summed E-state index contributed by atoms with van der Waals surface area (Å²) in [5.74, 6) is -0.132. The molecule has 1 fully saturated rings. The van der Waals surface area contributed by atoms with E-state index >= 15 is 0 Å². The summed E-state index contributed by atoms with van der Waals surface area (Å²) in [7, 11) is 1.60. The van der Waals surface area contributed by atoms with E-state index in [1.165, 1.54) is 4.90 Å². The average molecular weight is 472 g/mol. The fourth-order valence-electron chi connectivity index (χ4n) is 4.41. The molecule has 1 atom stereocenters. The van der Waals surface area contributed by atoms with E-state index in [9.17, 15) is 14.7 Å². The highest BCUT2D eigenvalue weighted by atomic mass is 16.5. The highest BCUT2D eigenvalue weighted by Gasteiger charge is 2.47. The number of aliphatic hydroxyl groups excluding tert-OH is 1. The van der Waals surface area contributed by atoms with Gasteiger partial charge in [0.1, 0.15) is 17.3 Å². The van der Waals surface area contributed by atoms with E-state index in [4.69, 9.17) is 9.47 Å². The van der Waals surface area contributed by atoms with Crippen molar-refractivity contribution in [2.45, 2.75) is 32.7 Å². The molecule has 0 spiro atoms. The third-order valence-corrected chi connectivity index (χ3v) is 6.11. The fraction of sp³-hybridized carbons (Fsp3) is 0.241. The Morgan fingerprint density at radius 2 is 1.69 bits per heavy atom. The van der Waals surface area contributed by atoms with Gasteiger partial charge in [-0.25, -0.2) is 0 Å². The predicted octanol–water partition coefficient (Wildman–Crippen LogP) is 5.84. The standard InChI is InChI=1S/C29H29NO5/c1-5-35-22-14-12-21(13-15-22)30-26(19-9-7-6-8-10-19)25(28(32)29(30)33)27(31)20-11-16-24(34-4)23(17-20)18(2)3/h6-18,26,31H,5H2,1-4H3/b27-25-. The largest absolute Gasteiger partial charge is 0.507 e. The van der Waals surface area contributed by atoms with Crippen LogP contribution in [0.3, 0.4) is 0 Å². The molecule has 0 saturated carbocycles. The summed E-state index contributed by atoms with van der Waals surface area (Å²) in [5.41, 5.74) is 2.67. The van der Waals surface area contributed by atoms with Crippen molar-refractivity contribution in [2.24, 2.45) is 0 Å². The van der Waals surface area contributed by atoms with Gasteiger partial charge in [-0.15, -0.1) is 0 Å². The molecule has 1 aliphatic heterocycles. The molecular weight excluding hydrogens is 442 g/mol. The molecule has 1 amide bonds. The minimum Gasteiger partial charge on any atom is -0.507 e. The summed E-state index contributed by atoms with van der Waals surface area (Å²) in [5, 5.41) is 11.4. The second-order valence-electron chi connectivity index (χ2n) is 8.62. The molecule has 3 aromatic carbocycles. The van der Waals surface area contributed by atoms with Gasteiger partial charge in [-0.3, -0.25) is 14.5 Å². The molecule has 35 heavy (non-hydrogen) atoms. The van der Waals surface area contributed by atoms with Crippen LogP contribution in [0.2, 0.25) is 0 Å². The van der Waals surface area contributed by atoms with Crippen molar-refractivity contribution in [1.29, 1.82) is 0 Å². The van der Waals surface area contributed by atoms with Gasteiger partial charge in [0.2, 0.25) is 0 Å². The minimum absolute atomic E-state index is 0.0509. The fourth-order valence-corrected chi connectivity index (χ4v) is 4.41. The van der Waals surface area contributed by atoms with Crippen LogP contribution in [-0.2, 0) is 9.59 Å². The molecule has 1 unspecified atom stereocenters. The van der Waals surface area contributed by atoms with E-state index in [0.717, 1.165) is 11.1 Å². The zero-order chi connectivity index (χ0) is 25.1. The summed E-state index contributed by atoms with van der Waals surface area (Å²) in [4.78, 5) is 28.1. The van der Waals surface area contributed by atoms with Crippen LogP contribution in [0, 0.1) is 0 Å². The van der Waals surface area contributed by atoms with Crippen LogP contribution < -0.4 is 14.4 Å². The highest BCUT2D eigenvalue weighted by molar-refractivity contribution is 6.51. The smallest absolute Gasteiger partial charge is 0.300 e. The molecule has 4 rings (SSSR count). The summed E-state index contributed by atoms with van der Waals surface area (Å²) in [6.45, 7) is 6.47. The topological polar surface area (TPSA) is 76.1 Å². The van der Waals surface area contributed by atoms with E-state index in [0.29, 0.717) is 29.4 Å². The summed E-state index contributed by atoms with van der Waals surface area (Å²) < 4.78 is 11.0. The quantitative estimate of drug-likeness (QED) is 0.266. The van der Waals surface area contributed by atoms with Gasteiger partial charge in [-0.1, -0.05) is 44.2 Å². The SMILES string of the molecule is CCOc1ccc(N2C(=O)C(=O)/C(=C(\O)c3ccc(OC)c(C(C)C)c3)C2c2ccccc2)cc1. The van der Waals surface area contributed by atoms with Crippen LogP contribution in [0.1, 0.15) is 49.4 Å². The lowest BCUT2D eigenvalue weighted by molar-refractivity contribution is -0.132. The number of nitrogens with zero attached hydrogens (tertiary/aromatic N) is 1. The molecule has 180 valence electrons. The first-order chi connectivity index (χ1) is 16.9. The Hall–Kier alpha value is -4.06. The second-order valence-corrected chi connectivity index (χ2v) is 8.62. The first-order valence-electron chi connectivity index (χ1n) is 11.6. The Kier molecular flexibility index (Phi) is 6.92. The molecule has 1 saturated heterocycles. The maximum atomic E-state index is 13.3. The van der Waals surface area contributed by atoms with E-state index in [-0.39, 0.29) is 17.3 Å². The third kappa shape index (κ3) is 4.52. The molecule has 6 heteroatoms. The molecule has 0 radical (unpaired) electrons. The molecule has 3 aromatic rings. The predicted molar refractivity (Wildman–Crippen MR) is 136 cm³/mol. The summed E-state index contributed by atoms with van der Waals surface area (Å²) in [6.07, 6.45) is 0. The molecule has 1 heterocycles. The zero-order valence-electron chi connectivity index (χ0n) is 20.3. The van der Waals surface area contributed by atoms with Gasteiger partial charge < -0.3 is 14.6 Å². The maximum absolute atomic E-state index is 13.3. The number of aliphatic hydroxyl groups is 1. The molecule has 0 aromatic heterocycles. The Labute approximate surface area is 205 Å². The van der Waals surface area contributed by atoms with Gasteiger partial charge in [0.25, 0.3) is 11.7 Å². The highest BCUT2D eigenvalue weighted by Crippen LogP contribution is 2.43. The summed E-state index contributed by atoms with van der Waals surface area (Å²) in [6, 6.07) is 20.8. The number of rotatable bonds is 7. The van der Waals surface area contributed by atoms with E-state index in [1.54, 1.807) is 43.5 Å². The number of anilines is 1. The van der Waals surface area contributed by atoms with Crippen LogP contribution in [0.25, 0.3) is 5.76 Å². The number of hydrogen-bond donors (Lipinski definition) is 1. The van der Waals surface area contributed by atoms with Crippen molar-refractivity contribution in [3.05, 3.63) is 95.1 Å². The number of carbonyl (C=O) groups excluding carboxylic acids is 2. The van der Waals surface area contributed by atoms with E-state index in [1.807, 2.05) is 57.2 Å². The van der Waals surface area contributed by atoms with Gasteiger partial charge >= 0.3 is 0 Å². The molecule has 0 aliphatic carbocycles. The van der Waals surface area contributed by atoms with Crippen LogP contribution >= 0.6 is 0 Å². The molecular formula is C29H29NO5. The number of ketones is 1. The van der Waals surface area contributed by atoms with Crippen LogP contribution in [0.5, 0.6) is 11.5 Å². The maximum Gasteiger partial charge on any atom is 0.300 e. The van der Waals surface area contributed by atoms with Gasteiger partial charge in [0.05, 0.1) is 25.3 Å². The number of Topliss-reactive ketones (excluding diaryl/α,β-unsaturated/α-hetero) is 1. The first-order valence-corrected chi connectivity index (χ1v) is 11.6. The van der Waals surface area contributed by atoms with Crippen molar-refractivity contribution in [1.82, 2.24) is 0 Å². The Morgan fingerprint density at radius 3 is 2.29 bits per heavy atom. The number of ether oxygens (including phenoxy) is 2. The third-order valence-electron chi connectivity index (χ3n) is 6.11. The number of methoxy groups -OCH3 is 1. The van der Waals surface area contributed by atoms with E-state index in [2.05, 4.69) is 0 Å². The number of amides is 1. The van der Waals surface area contributed by atoms with Crippen molar-refractivity contribution in [2.75, 3.05) is 18.6 Å². The van der Waals surface area contributed by atoms with E-state index < -0.39 is 17.7 Å². The minimum atomic E-state index is -0.779. The van der Waals surface area contributed by atoms with Crippen LogP contribution in [0.15, 0.2) is 78.4 Å². The Morgan fingerprint density at radius 1 is 1.00 bits per heavy atom. The van der Waals surface area contributed by atoms with Gasteiger partial charge in [0, 0.05) is 11.3 Å². The Balaban J connectivity index is 1.89. The van der Waals surface area contributed by atoms with Crippen molar-refractivity contribution >= 4 is 23.1 Å². The molecule has 1 N–H and O–H groups in total. The zero-order valence-corrected chi connectivity index (χ0v) is 20.3. The Bertz CT molecular complexity index is 1260. The molecule has 0 bridgehead atoms. The van der Waals surface area contributed by atoms with Gasteiger partial charge in [0.15, 0.2) is 0 Å².